The van der Waals surface area contributed by atoms with Crippen LogP contribution < -0.4 is 5.32 Å². The maximum Gasteiger partial charge on any atom is 0.238 e. The Morgan fingerprint density at radius 1 is 1.33 bits per heavy atom. The Balaban J connectivity index is 2.62. The van der Waals surface area contributed by atoms with Gasteiger partial charge in [-0.2, -0.15) is 0 Å². The summed E-state index contributed by atoms with van der Waals surface area (Å²) < 4.78 is 12.6. The van der Waals surface area contributed by atoms with Crippen LogP contribution in [0.4, 0.5) is 10.1 Å². The van der Waals surface area contributed by atoms with Crippen molar-refractivity contribution in [1.82, 2.24) is 0 Å². The van der Waals surface area contributed by atoms with Gasteiger partial charge in [0.05, 0.1) is 4.83 Å². The lowest BCUT2D eigenvalue weighted by molar-refractivity contribution is -0.116. The quantitative estimate of drug-likeness (QED) is 0.843. The number of carbonyl (C=O) groups excluding carboxylic acids is 1. The molecule has 0 spiro atoms. The summed E-state index contributed by atoms with van der Waals surface area (Å²) >= 11 is 3.29. The molecule has 1 atom stereocenters. The summed E-state index contributed by atoms with van der Waals surface area (Å²) in [4.78, 5) is 11.4. The molecule has 0 aliphatic carbocycles. The molecule has 0 saturated carbocycles. The van der Waals surface area contributed by atoms with E-state index in [4.69, 9.17) is 0 Å². The molecule has 0 fully saturated rings. The first kappa shape index (κ1) is 12.2. The highest BCUT2D eigenvalue weighted by Crippen LogP contribution is 2.15. The number of amides is 1. The lowest BCUT2D eigenvalue weighted by Crippen LogP contribution is -2.26. The fourth-order valence-corrected chi connectivity index (χ4v) is 1.16. The van der Waals surface area contributed by atoms with E-state index in [9.17, 15) is 9.18 Å². The second-order valence-electron chi connectivity index (χ2n) is 3.64. The first-order valence-electron chi connectivity index (χ1n) is 4.71. The van der Waals surface area contributed by atoms with Gasteiger partial charge in [-0.15, -0.1) is 0 Å². The molecule has 0 unspecified atom stereocenters. The number of carbonyl (C=O) groups is 1. The van der Waals surface area contributed by atoms with E-state index in [1.165, 1.54) is 24.3 Å². The maximum absolute atomic E-state index is 12.6. The highest BCUT2D eigenvalue weighted by atomic mass is 79.9. The molecule has 15 heavy (non-hydrogen) atoms. The predicted molar refractivity (Wildman–Crippen MR) is 62.6 cm³/mol. The van der Waals surface area contributed by atoms with Gasteiger partial charge in [0, 0.05) is 5.69 Å². The molecule has 0 bridgehead atoms. The normalized spacial score (nSPS) is 12.6. The number of hydrogen-bond acceptors (Lipinski definition) is 1. The molecule has 0 heterocycles. The van der Waals surface area contributed by atoms with Gasteiger partial charge in [-0.25, -0.2) is 4.39 Å². The van der Waals surface area contributed by atoms with E-state index in [0.717, 1.165) is 0 Å². The van der Waals surface area contributed by atoms with E-state index in [0.29, 0.717) is 5.69 Å². The van der Waals surface area contributed by atoms with Crippen molar-refractivity contribution in [3.05, 3.63) is 30.1 Å². The van der Waals surface area contributed by atoms with Crippen molar-refractivity contribution in [2.24, 2.45) is 5.92 Å². The van der Waals surface area contributed by atoms with Crippen LogP contribution in [0.15, 0.2) is 24.3 Å². The van der Waals surface area contributed by atoms with Crippen molar-refractivity contribution in [3.8, 4) is 0 Å². The minimum Gasteiger partial charge on any atom is -0.325 e. The molecule has 0 saturated heterocycles. The van der Waals surface area contributed by atoms with Crippen molar-refractivity contribution in [2.45, 2.75) is 18.7 Å². The lowest BCUT2D eigenvalue weighted by Gasteiger charge is -2.13. The van der Waals surface area contributed by atoms with E-state index in [1.807, 2.05) is 13.8 Å². The van der Waals surface area contributed by atoms with Gasteiger partial charge in [-0.3, -0.25) is 4.79 Å². The second-order valence-corrected chi connectivity index (χ2v) is 4.63. The summed E-state index contributed by atoms with van der Waals surface area (Å²) in [5.41, 5.74) is 0.603. The Labute approximate surface area is 97.0 Å². The van der Waals surface area contributed by atoms with Gasteiger partial charge < -0.3 is 5.32 Å². The second kappa shape index (κ2) is 5.26. The summed E-state index contributed by atoms with van der Waals surface area (Å²) in [5, 5.41) is 2.70. The lowest BCUT2D eigenvalue weighted by atomic mass is 10.1. The van der Waals surface area contributed by atoms with Crippen molar-refractivity contribution >= 4 is 27.5 Å². The fourth-order valence-electron chi connectivity index (χ4n) is 1.05. The van der Waals surface area contributed by atoms with Crippen molar-refractivity contribution in [1.29, 1.82) is 0 Å². The third-order valence-corrected chi connectivity index (χ3v) is 3.42. The molecule has 0 aromatic heterocycles. The van der Waals surface area contributed by atoms with Crippen molar-refractivity contribution in [3.63, 3.8) is 0 Å². The molecule has 1 rings (SSSR count). The first-order chi connectivity index (χ1) is 7.00. The number of benzene rings is 1. The summed E-state index contributed by atoms with van der Waals surface area (Å²) in [6.45, 7) is 3.90. The molecule has 1 amide bonds. The van der Waals surface area contributed by atoms with Gasteiger partial charge in [-0.1, -0.05) is 29.8 Å². The van der Waals surface area contributed by atoms with E-state index in [-0.39, 0.29) is 22.5 Å². The highest BCUT2D eigenvalue weighted by Gasteiger charge is 2.18. The van der Waals surface area contributed by atoms with Crippen LogP contribution >= 0.6 is 15.9 Å². The van der Waals surface area contributed by atoms with Crippen molar-refractivity contribution in [2.75, 3.05) is 5.32 Å². The fraction of sp³-hybridized carbons (Fsp3) is 0.364. The average Bonchev–Trinajstić information content (AvgIpc) is 2.20. The van der Waals surface area contributed by atoms with Crippen LogP contribution in [0.25, 0.3) is 0 Å². The van der Waals surface area contributed by atoms with Crippen LogP contribution in [-0.4, -0.2) is 10.7 Å². The maximum atomic E-state index is 12.6. The minimum absolute atomic E-state index is 0.114. The van der Waals surface area contributed by atoms with Crippen LogP contribution in [0.3, 0.4) is 0 Å². The van der Waals surface area contributed by atoms with Crippen molar-refractivity contribution < 1.29 is 9.18 Å². The van der Waals surface area contributed by atoms with Gasteiger partial charge in [0.1, 0.15) is 5.82 Å². The molecule has 0 radical (unpaired) electrons. The summed E-state index contributed by atoms with van der Waals surface area (Å²) in [7, 11) is 0. The molecule has 0 aliphatic rings. The van der Waals surface area contributed by atoms with Gasteiger partial charge >= 0.3 is 0 Å². The molecule has 0 aliphatic heterocycles. The van der Waals surface area contributed by atoms with Gasteiger partial charge in [-0.05, 0) is 30.2 Å². The van der Waals surface area contributed by atoms with E-state index in [2.05, 4.69) is 21.2 Å². The van der Waals surface area contributed by atoms with Crippen LogP contribution in [0.1, 0.15) is 13.8 Å². The third kappa shape index (κ3) is 3.63. The topological polar surface area (TPSA) is 29.1 Å². The average molecular weight is 274 g/mol. The van der Waals surface area contributed by atoms with Crippen LogP contribution in [-0.2, 0) is 4.79 Å². The zero-order valence-corrected chi connectivity index (χ0v) is 10.2. The number of alkyl halides is 1. The minimum atomic E-state index is -0.313. The SMILES string of the molecule is CC(C)[C@@H](Br)C(=O)Nc1ccc(F)cc1. The molecule has 2 nitrogen and oxygen atoms in total. The molecule has 1 aromatic carbocycles. The Morgan fingerprint density at radius 3 is 2.33 bits per heavy atom. The Hall–Kier alpha value is -0.900. The molecular formula is C11H13BrFNO. The number of halogens is 2. The zero-order valence-electron chi connectivity index (χ0n) is 8.63. The number of hydrogen-bond donors (Lipinski definition) is 1. The van der Waals surface area contributed by atoms with E-state index < -0.39 is 0 Å². The molecule has 1 N–H and O–H groups in total. The predicted octanol–water partition coefficient (Wildman–Crippen LogP) is 3.18. The molecule has 4 heteroatoms. The number of rotatable bonds is 3. The number of anilines is 1. The standard InChI is InChI=1S/C11H13BrFNO/c1-7(2)10(12)11(15)14-9-5-3-8(13)4-6-9/h3-7,10H,1-2H3,(H,14,15)/t10-/m1/s1. The molecule has 82 valence electrons. The Kier molecular flexibility index (Phi) is 4.27. The summed E-state index contributed by atoms with van der Waals surface area (Å²) in [5.74, 6) is -0.214. The van der Waals surface area contributed by atoms with Crippen LogP contribution in [0.5, 0.6) is 0 Å². The van der Waals surface area contributed by atoms with E-state index in [1.54, 1.807) is 0 Å². The zero-order chi connectivity index (χ0) is 11.4. The first-order valence-corrected chi connectivity index (χ1v) is 5.63. The largest absolute Gasteiger partial charge is 0.325 e. The molecular weight excluding hydrogens is 261 g/mol. The van der Waals surface area contributed by atoms with Gasteiger partial charge in [0.2, 0.25) is 5.91 Å². The smallest absolute Gasteiger partial charge is 0.238 e. The third-order valence-electron chi connectivity index (χ3n) is 1.95. The van der Waals surface area contributed by atoms with Crippen LogP contribution in [0, 0.1) is 11.7 Å². The van der Waals surface area contributed by atoms with Crippen LogP contribution in [0.2, 0.25) is 0 Å². The highest BCUT2D eigenvalue weighted by molar-refractivity contribution is 9.10. The summed E-state index contributed by atoms with van der Waals surface area (Å²) in [6, 6.07) is 5.70. The van der Waals surface area contributed by atoms with Gasteiger partial charge in [0.15, 0.2) is 0 Å². The van der Waals surface area contributed by atoms with E-state index >= 15 is 0 Å². The number of nitrogens with one attached hydrogen (secondary N) is 1. The Morgan fingerprint density at radius 2 is 1.87 bits per heavy atom. The Bertz CT molecular complexity index is 337. The monoisotopic (exact) mass is 273 g/mol. The summed E-state index contributed by atoms with van der Waals surface area (Å²) in [6.07, 6.45) is 0. The van der Waals surface area contributed by atoms with Gasteiger partial charge in [0.25, 0.3) is 0 Å². The molecule has 1 aromatic rings.